The minimum atomic E-state index is -4.23. The molecule has 3 heterocycles. The van der Waals surface area contributed by atoms with Gasteiger partial charge in [-0.05, 0) is 42.0 Å². The van der Waals surface area contributed by atoms with Crippen LogP contribution in [0.25, 0.3) is 16.8 Å². The Kier molecular flexibility index (Phi) is 4.87. The van der Waals surface area contributed by atoms with Gasteiger partial charge in [0.15, 0.2) is 11.4 Å². The standard InChI is InChI=1S/C27H17BCl2F2N2/c29-20-12-7-13-21(30)26(20)27-24-16-14-22(18-8-3-1-4-9-18)33(24)28(31,32)34-23(15-17-25(27)34)19-10-5-2-6-11-19/h1-17H. The van der Waals surface area contributed by atoms with Gasteiger partial charge in [0.1, 0.15) is 0 Å². The molecule has 2 nitrogen and oxygen atoms in total. The van der Waals surface area contributed by atoms with Crippen LogP contribution in [-0.4, -0.2) is 21.6 Å². The van der Waals surface area contributed by atoms with Gasteiger partial charge in [0, 0.05) is 34.7 Å². The Labute approximate surface area is 205 Å². The molecule has 0 fully saturated rings. The maximum absolute atomic E-state index is 16.5. The van der Waals surface area contributed by atoms with E-state index in [0.717, 1.165) is 8.96 Å². The van der Waals surface area contributed by atoms with Crippen molar-refractivity contribution in [2.75, 3.05) is 0 Å². The van der Waals surface area contributed by atoms with Crippen LogP contribution in [0.2, 0.25) is 10.0 Å². The lowest BCUT2D eigenvalue weighted by Crippen LogP contribution is -2.51. The molecule has 0 saturated heterocycles. The van der Waals surface area contributed by atoms with E-state index in [2.05, 4.69) is 0 Å². The fraction of sp³-hybridized carbons (Fsp3) is 0. The third kappa shape index (κ3) is 3.04. The lowest BCUT2D eigenvalue weighted by atomic mass is 9.85. The first-order valence-corrected chi connectivity index (χ1v) is 11.6. The second-order valence-electron chi connectivity index (χ2n) is 8.24. The number of rotatable bonds is 3. The summed E-state index contributed by atoms with van der Waals surface area (Å²) in [7, 11) is 0. The largest absolute Gasteiger partial charge is 0.737 e. The monoisotopic (exact) mass is 488 g/mol. The van der Waals surface area contributed by atoms with Gasteiger partial charge in [-0.2, -0.15) is 0 Å². The Morgan fingerprint density at radius 3 is 1.88 bits per heavy atom. The summed E-state index contributed by atoms with van der Waals surface area (Å²) in [5, 5.41) is 0.812. The Hall–Kier alpha value is -3.41. The van der Waals surface area contributed by atoms with Gasteiger partial charge in [-0.25, -0.2) is 0 Å². The first-order chi connectivity index (χ1) is 16.5. The second kappa shape index (κ2) is 7.83. The molecule has 4 aromatic rings. The number of fused-ring (bicyclic) bond motifs is 2. The van der Waals surface area contributed by atoms with Crippen molar-refractivity contribution in [3.05, 3.63) is 136 Å². The molecule has 1 aromatic heterocycles. The van der Waals surface area contributed by atoms with Crippen molar-refractivity contribution in [2.45, 2.75) is 0 Å². The molecule has 0 aliphatic carbocycles. The normalized spacial score (nSPS) is 16.1. The number of benzene rings is 3. The SMILES string of the molecule is F[B-]1(F)n2c(ccc2-c2ccccc2)C(c2c(Cl)cccc2Cl)=C2C=CC(c3ccccc3)=[N+]21. The highest BCUT2D eigenvalue weighted by Gasteiger charge is 2.55. The van der Waals surface area contributed by atoms with Gasteiger partial charge in [-0.3, -0.25) is 0 Å². The predicted molar refractivity (Wildman–Crippen MR) is 136 cm³/mol. The van der Waals surface area contributed by atoms with Crippen molar-refractivity contribution in [1.29, 1.82) is 0 Å². The first-order valence-electron chi connectivity index (χ1n) is 10.9. The molecule has 0 unspecified atom stereocenters. The summed E-state index contributed by atoms with van der Waals surface area (Å²) in [5.41, 5.74) is 4.14. The van der Waals surface area contributed by atoms with E-state index in [0.29, 0.717) is 55.1 Å². The number of allylic oxidation sites excluding steroid dienone is 2. The Morgan fingerprint density at radius 2 is 1.24 bits per heavy atom. The van der Waals surface area contributed by atoms with Crippen LogP contribution < -0.4 is 0 Å². The van der Waals surface area contributed by atoms with Crippen LogP contribution in [0.4, 0.5) is 8.63 Å². The molecule has 34 heavy (non-hydrogen) atoms. The topological polar surface area (TPSA) is 7.94 Å². The molecule has 2 aliphatic rings. The van der Waals surface area contributed by atoms with Crippen LogP contribution in [0, 0.1) is 0 Å². The average molecular weight is 489 g/mol. The Morgan fingerprint density at radius 1 is 0.647 bits per heavy atom. The summed E-state index contributed by atoms with van der Waals surface area (Å²) in [5.74, 6) is 0. The lowest BCUT2D eigenvalue weighted by molar-refractivity contribution is -0.360. The Bertz CT molecular complexity index is 1520. The fourth-order valence-corrected chi connectivity index (χ4v) is 5.49. The lowest BCUT2D eigenvalue weighted by Gasteiger charge is -2.34. The van der Waals surface area contributed by atoms with Crippen LogP contribution in [0.5, 0.6) is 0 Å². The molecule has 0 radical (unpaired) electrons. The van der Waals surface area contributed by atoms with Crippen LogP contribution in [-0.2, 0) is 0 Å². The van der Waals surface area contributed by atoms with E-state index in [1.54, 1.807) is 42.5 Å². The van der Waals surface area contributed by atoms with E-state index >= 15 is 8.63 Å². The van der Waals surface area contributed by atoms with Crippen LogP contribution in [0.3, 0.4) is 0 Å². The number of aromatic nitrogens is 1. The minimum absolute atomic E-state index is 0.379. The van der Waals surface area contributed by atoms with Gasteiger partial charge >= 0.3 is 6.97 Å². The van der Waals surface area contributed by atoms with Crippen molar-refractivity contribution in [2.24, 2.45) is 0 Å². The fourth-order valence-electron chi connectivity index (χ4n) is 4.90. The molecular weight excluding hydrogens is 472 g/mol. The van der Waals surface area contributed by atoms with E-state index in [1.165, 1.54) is 0 Å². The van der Waals surface area contributed by atoms with Crippen molar-refractivity contribution in [1.82, 2.24) is 4.48 Å². The zero-order chi connectivity index (χ0) is 23.4. The van der Waals surface area contributed by atoms with E-state index in [-0.39, 0.29) is 0 Å². The Balaban J connectivity index is 1.74. The van der Waals surface area contributed by atoms with Crippen molar-refractivity contribution in [3.63, 3.8) is 0 Å². The first kappa shape index (κ1) is 21.1. The summed E-state index contributed by atoms with van der Waals surface area (Å²) in [6.07, 6.45) is 3.46. The number of nitrogens with zero attached hydrogens (tertiary/aromatic N) is 2. The highest BCUT2D eigenvalue weighted by molar-refractivity contribution is 6.59. The summed E-state index contributed by atoms with van der Waals surface area (Å²) in [4.78, 5) is 0. The third-order valence-electron chi connectivity index (χ3n) is 6.32. The van der Waals surface area contributed by atoms with E-state index < -0.39 is 6.97 Å². The van der Waals surface area contributed by atoms with Crippen LogP contribution in [0.1, 0.15) is 16.8 Å². The third-order valence-corrected chi connectivity index (χ3v) is 6.95. The summed E-state index contributed by atoms with van der Waals surface area (Å²) >= 11 is 13.2. The molecular formula is C27H17BCl2F2N2. The summed E-state index contributed by atoms with van der Waals surface area (Å²) < 4.78 is 35.4. The van der Waals surface area contributed by atoms with Gasteiger partial charge in [0.25, 0.3) is 0 Å². The molecule has 0 saturated carbocycles. The van der Waals surface area contributed by atoms with Crippen molar-refractivity contribution < 1.29 is 13.1 Å². The maximum Gasteiger partial charge on any atom is 0.737 e. The van der Waals surface area contributed by atoms with Crippen LogP contribution in [0.15, 0.2) is 109 Å². The molecule has 0 atom stereocenters. The van der Waals surface area contributed by atoms with Crippen molar-refractivity contribution in [3.8, 4) is 11.3 Å². The van der Waals surface area contributed by atoms with E-state index in [4.69, 9.17) is 23.2 Å². The molecule has 0 spiro atoms. The van der Waals surface area contributed by atoms with Gasteiger partial charge in [-0.1, -0.05) is 77.8 Å². The highest BCUT2D eigenvalue weighted by Crippen LogP contribution is 2.46. The van der Waals surface area contributed by atoms with E-state index in [9.17, 15) is 0 Å². The molecule has 7 heteroatoms. The van der Waals surface area contributed by atoms with Gasteiger partial charge in [0.05, 0.1) is 15.6 Å². The second-order valence-corrected chi connectivity index (χ2v) is 9.05. The summed E-state index contributed by atoms with van der Waals surface area (Å²) in [6.45, 7) is -4.23. The molecule has 3 aromatic carbocycles. The quantitative estimate of drug-likeness (QED) is 0.263. The van der Waals surface area contributed by atoms with Crippen LogP contribution >= 0.6 is 23.2 Å². The molecule has 2 aliphatic heterocycles. The molecule has 0 amide bonds. The minimum Gasteiger partial charge on any atom is -0.389 e. The summed E-state index contributed by atoms with van der Waals surface area (Å²) in [6, 6.07) is 27.1. The van der Waals surface area contributed by atoms with Gasteiger partial charge in [0.2, 0.25) is 0 Å². The van der Waals surface area contributed by atoms with Gasteiger partial charge in [-0.15, -0.1) is 0 Å². The van der Waals surface area contributed by atoms with Crippen molar-refractivity contribution >= 4 is 41.5 Å². The zero-order valence-corrected chi connectivity index (χ0v) is 19.3. The predicted octanol–water partition coefficient (Wildman–Crippen LogP) is 7.53. The molecule has 0 bridgehead atoms. The van der Waals surface area contributed by atoms with E-state index in [1.807, 2.05) is 60.7 Å². The number of hydrogen-bond donors (Lipinski definition) is 0. The molecule has 166 valence electrons. The number of hydrogen-bond acceptors (Lipinski definition) is 0. The zero-order valence-electron chi connectivity index (χ0n) is 17.8. The smallest absolute Gasteiger partial charge is 0.389 e. The molecule has 0 N–H and O–H groups in total. The van der Waals surface area contributed by atoms with Gasteiger partial charge < -0.3 is 17.6 Å². The maximum atomic E-state index is 16.5. The number of halogens is 4. The molecule has 6 rings (SSSR count). The highest BCUT2D eigenvalue weighted by atomic mass is 35.5. The average Bonchev–Trinajstić information content (AvgIpc) is 3.49.